The molecule has 2 atom stereocenters. The molecular formula is C13H24O2. The molecule has 2 heteroatoms. The normalized spacial score (nSPS) is 18.4. The molecule has 0 N–H and O–H groups in total. The maximum atomic E-state index is 5.57. The molecule has 0 radical (unpaired) electrons. The van der Waals surface area contributed by atoms with E-state index in [1.54, 1.807) is 0 Å². The van der Waals surface area contributed by atoms with Crippen LogP contribution in [0.1, 0.15) is 47.0 Å². The standard InChI is InChI=1S/C13H24O2/c1-7-12(5,14-9-3)11-13(6,8-2)15-10-4/h9-10H,3-4,7-8,11H2,1-2,5-6H3. The van der Waals surface area contributed by atoms with Gasteiger partial charge in [-0.3, -0.25) is 0 Å². The molecule has 0 aliphatic carbocycles. The fourth-order valence-corrected chi connectivity index (χ4v) is 1.69. The van der Waals surface area contributed by atoms with E-state index in [-0.39, 0.29) is 11.2 Å². The Labute approximate surface area is 94.0 Å². The molecule has 0 aromatic heterocycles. The summed E-state index contributed by atoms with van der Waals surface area (Å²) in [5.74, 6) is 0. The highest BCUT2D eigenvalue weighted by atomic mass is 16.5. The van der Waals surface area contributed by atoms with E-state index in [2.05, 4.69) is 40.9 Å². The Balaban J connectivity index is 4.60. The monoisotopic (exact) mass is 212 g/mol. The number of hydrogen-bond acceptors (Lipinski definition) is 2. The van der Waals surface area contributed by atoms with Crippen LogP contribution in [-0.4, -0.2) is 11.2 Å². The topological polar surface area (TPSA) is 18.5 Å². The number of ether oxygens (including phenoxy) is 2. The third-order valence-electron chi connectivity index (χ3n) is 2.98. The van der Waals surface area contributed by atoms with Gasteiger partial charge in [0.2, 0.25) is 0 Å². The van der Waals surface area contributed by atoms with Crippen LogP contribution in [-0.2, 0) is 9.47 Å². The first kappa shape index (κ1) is 14.1. The highest BCUT2D eigenvalue weighted by molar-refractivity contribution is 4.88. The second-order valence-corrected chi connectivity index (χ2v) is 4.35. The molecule has 0 saturated heterocycles. The molecule has 0 aliphatic heterocycles. The summed E-state index contributed by atoms with van der Waals surface area (Å²) in [6.07, 6.45) is 5.69. The maximum absolute atomic E-state index is 5.57. The highest BCUT2D eigenvalue weighted by Crippen LogP contribution is 2.32. The smallest absolute Gasteiger partial charge is 0.109 e. The summed E-state index contributed by atoms with van der Waals surface area (Å²) in [6, 6.07) is 0. The quantitative estimate of drug-likeness (QED) is 0.565. The lowest BCUT2D eigenvalue weighted by Gasteiger charge is -2.37. The Bertz CT molecular complexity index is 191. The molecule has 0 aromatic carbocycles. The predicted octanol–water partition coefficient (Wildman–Crippen LogP) is 4.03. The van der Waals surface area contributed by atoms with Crippen LogP contribution >= 0.6 is 0 Å². The van der Waals surface area contributed by atoms with E-state index >= 15 is 0 Å². The lowest BCUT2D eigenvalue weighted by molar-refractivity contribution is -0.0618. The van der Waals surface area contributed by atoms with E-state index in [1.165, 1.54) is 12.5 Å². The summed E-state index contributed by atoms with van der Waals surface area (Å²) in [5.41, 5.74) is -0.426. The molecule has 2 unspecified atom stereocenters. The van der Waals surface area contributed by atoms with E-state index in [0.29, 0.717) is 0 Å². The highest BCUT2D eigenvalue weighted by Gasteiger charge is 2.35. The molecule has 0 bridgehead atoms. The average molecular weight is 212 g/mol. The first-order valence-electron chi connectivity index (χ1n) is 5.52. The number of rotatable bonds is 8. The van der Waals surface area contributed by atoms with E-state index < -0.39 is 0 Å². The largest absolute Gasteiger partial charge is 0.496 e. The van der Waals surface area contributed by atoms with Gasteiger partial charge in [-0.25, -0.2) is 0 Å². The summed E-state index contributed by atoms with van der Waals surface area (Å²) in [4.78, 5) is 0. The van der Waals surface area contributed by atoms with Crippen molar-refractivity contribution in [1.29, 1.82) is 0 Å². The molecule has 0 rings (SSSR count). The summed E-state index contributed by atoms with van der Waals surface area (Å²) in [5, 5.41) is 0. The van der Waals surface area contributed by atoms with Crippen LogP contribution in [0, 0.1) is 0 Å². The molecule has 15 heavy (non-hydrogen) atoms. The van der Waals surface area contributed by atoms with Crippen LogP contribution in [0.5, 0.6) is 0 Å². The SMILES string of the molecule is C=COC(C)(CC)CC(C)(CC)OC=C. The Morgan fingerprint density at radius 3 is 1.47 bits per heavy atom. The first-order chi connectivity index (χ1) is 6.95. The number of hydrogen-bond donors (Lipinski definition) is 0. The van der Waals surface area contributed by atoms with Gasteiger partial charge >= 0.3 is 0 Å². The van der Waals surface area contributed by atoms with E-state index in [9.17, 15) is 0 Å². The van der Waals surface area contributed by atoms with Gasteiger partial charge in [0.15, 0.2) is 0 Å². The Kier molecular flexibility index (Phi) is 5.48. The third-order valence-corrected chi connectivity index (χ3v) is 2.98. The van der Waals surface area contributed by atoms with Gasteiger partial charge in [0.25, 0.3) is 0 Å². The van der Waals surface area contributed by atoms with Crippen molar-refractivity contribution in [3.8, 4) is 0 Å². The van der Waals surface area contributed by atoms with Crippen molar-refractivity contribution in [3.05, 3.63) is 25.7 Å². The summed E-state index contributed by atoms with van der Waals surface area (Å²) in [6.45, 7) is 15.6. The van der Waals surface area contributed by atoms with Crippen molar-refractivity contribution in [2.24, 2.45) is 0 Å². The van der Waals surface area contributed by atoms with E-state index in [4.69, 9.17) is 9.47 Å². The Hall–Kier alpha value is -0.920. The van der Waals surface area contributed by atoms with Crippen LogP contribution < -0.4 is 0 Å². The second kappa shape index (κ2) is 5.84. The lowest BCUT2D eigenvalue weighted by Crippen LogP contribution is -2.39. The second-order valence-electron chi connectivity index (χ2n) is 4.35. The Morgan fingerprint density at radius 1 is 0.933 bits per heavy atom. The van der Waals surface area contributed by atoms with Crippen molar-refractivity contribution in [2.75, 3.05) is 0 Å². The van der Waals surface area contributed by atoms with Crippen molar-refractivity contribution >= 4 is 0 Å². The molecule has 0 heterocycles. The molecule has 0 aromatic rings. The van der Waals surface area contributed by atoms with Gasteiger partial charge in [0.1, 0.15) is 11.2 Å². The van der Waals surface area contributed by atoms with Crippen molar-refractivity contribution in [2.45, 2.75) is 58.2 Å². The van der Waals surface area contributed by atoms with Crippen LogP contribution in [0.25, 0.3) is 0 Å². The van der Waals surface area contributed by atoms with E-state index in [0.717, 1.165) is 19.3 Å². The van der Waals surface area contributed by atoms with Gasteiger partial charge in [-0.05, 0) is 26.7 Å². The summed E-state index contributed by atoms with van der Waals surface area (Å²) < 4.78 is 11.1. The minimum Gasteiger partial charge on any atom is -0.496 e. The lowest BCUT2D eigenvalue weighted by atomic mass is 9.85. The predicted molar refractivity (Wildman–Crippen MR) is 64.6 cm³/mol. The van der Waals surface area contributed by atoms with Gasteiger partial charge < -0.3 is 9.47 Å². The molecule has 0 fully saturated rings. The van der Waals surface area contributed by atoms with Crippen LogP contribution in [0.3, 0.4) is 0 Å². The Morgan fingerprint density at radius 2 is 1.27 bits per heavy atom. The summed E-state index contributed by atoms with van der Waals surface area (Å²) >= 11 is 0. The molecule has 0 spiro atoms. The molecule has 2 nitrogen and oxygen atoms in total. The molecule has 0 amide bonds. The zero-order valence-electron chi connectivity index (χ0n) is 10.5. The van der Waals surface area contributed by atoms with Crippen LogP contribution in [0.2, 0.25) is 0 Å². The zero-order chi connectivity index (χ0) is 11.9. The summed E-state index contributed by atoms with van der Waals surface area (Å²) in [7, 11) is 0. The van der Waals surface area contributed by atoms with Gasteiger partial charge in [-0.1, -0.05) is 27.0 Å². The van der Waals surface area contributed by atoms with Crippen LogP contribution in [0.15, 0.2) is 25.7 Å². The van der Waals surface area contributed by atoms with Crippen molar-refractivity contribution in [3.63, 3.8) is 0 Å². The zero-order valence-corrected chi connectivity index (χ0v) is 10.5. The van der Waals surface area contributed by atoms with Gasteiger partial charge in [-0.2, -0.15) is 0 Å². The fourth-order valence-electron chi connectivity index (χ4n) is 1.69. The third kappa shape index (κ3) is 4.41. The molecule has 88 valence electrons. The van der Waals surface area contributed by atoms with Gasteiger partial charge in [0, 0.05) is 6.42 Å². The van der Waals surface area contributed by atoms with Gasteiger partial charge in [-0.15, -0.1) is 0 Å². The molecular weight excluding hydrogens is 188 g/mol. The first-order valence-corrected chi connectivity index (χ1v) is 5.52. The minimum absolute atomic E-state index is 0.213. The molecule has 0 aliphatic rings. The van der Waals surface area contributed by atoms with E-state index in [1.807, 2.05) is 0 Å². The van der Waals surface area contributed by atoms with Gasteiger partial charge in [0.05, 0.1) is 12.5 Å². The average Bonchev–Trinajstić information content (AvgIpc) is 2.18. The van der Waals surface area contributed by atoms with Crippen LogP contribution in [0.4, 0.5) is 0 Å². The van der Waals surface area contributed by atoms with Crippen molar-refractivity contribution in [1.82, 2.24) is 0 Å². The maximum Gasteiger partial charge on any atom is 0.109 e. The minimum atomic E-state index is -0.213. The molecule has 0 saturated carbocycles. The van der Waals surface area contributed by atoms with Crippen molar-refractivity contribution < 1.29 is 9.47 Å². The fraction of sp³-hybridized carbons (Fsp3) is 0.692.